The van der Waals surface area contributed by atoms with Gasteiger partial charge in [-0.25, -0.2) is 4.68 Å². The molecule has 0 atom stereocenters. The first-order chi connectivity index (χ1) is 10.1. The molecule has 2 aromatic rings. The van der Waals surface area contributed by atoms with E-state index in [0.29, 0.717) is 25.3 Å². The Labute approximate surface area is 123 Å². The first kappa shape index (κ1) is 13.8. The lowest BCUT2D eigenvalue weighted by Crippen LogP contribution is -2.39. The Hall–Kier alpha value is -2.21. The molecule has 0 radical (unpaired) electrons. The van der Waals surface area contributed by atoms with E-state index < -0.39 is 0 Å². The summed E-state index contributed by atoms with van der Waals surface area (Å²) < 4.78 is 1.76. The number of aliphatic hydroxyl groups is 1. The summed E-state index contributed by atoms with van der Waals surface area (Å²) in [7, 11) is 0. The van der Waals surface area contributed by atoms with Crippen molar-refractivity contribution in [3.8, 4) is 0 Å². The van der Waals surface area contributed by atoms with Crippen LogP contribution in [0, 0.1) is 13.8 Å². The highest BCUT2D eigenvalue weighted by atomic mass is 16.3. The van der Waals surface area contributed by atoms with Crippen molar-refractivity contribution in [2.24, 2.45) is 0 Å². The van der Waals surface area contributed by atoms with Crippen LogP contribution in [0.25, 0.3) is 0 Å². The SMILES string of the molecule is Cc1cccc(C)c1C(=O)N1CCn2nnc(CO)c2C1. The molecule has 1 amide bonds. The summed E-state index contributed by atoms with van der Waals surface area (Å²) in [5.41, 5.74) is 4.11. The number of aryl methyl sites for hydroxylation is 2. The molecule has 0 fully saturated rings. The molecule has 110 valence electrons. The highest BCUT2D eigenvalue weighted by molar-refractivity contribution is 5.97. The molecule has 1 aliphatic rings. The fourth-order valence-corrected chi connectivity index (χ4v) is 2.80. The highest BCUT2D eigenvalue weighted by Gasteiger charge is 2.26. The van der Waals surface area contributed by atoms with Gasteiger partial charge in [0, 0.05) is 12.1 Å². The molecule has 3 rings (SSSR count). The molecule has 1 N–H and O–H groups in total. The minimum atomic E-state index is -0.152. The van der Waals surface area contributed by atoms with Gasteiger partial charge in [0.1, 0.15) is 5.69 Å². The highest BCUT2D eigenvalue weighted by Crippen LogP contribution is 2.20. The van der Waals surface area contributed by atoms with Crippen LogP contribution < -0.4 is 0 Å². The normalized spacial score (nSPS) is 14.1. The predicted octanol–water partition coefficient (Wildman–Crippen LogP) is 1.04. The standard InChI is InChI=1S/C15H18N4O2/c1-10-4-3-5-11(2)14(10)15(21)18-6-7-19-13(8-18)12(9-20)16-17-19/h3-5,20H,6-9H2,1-2H3. The molecule has 0 spiro atoms. The molecular formula is C15H18N4O2. The Morgan fingerprint density at radius 3 is 2.67 bits per heavy atom. The molecule has 1 aromatic heterocycles. The maximum atomic E-state index is 12.8. The zero-order valence-corrected chi connectivity index (χ0v) is 12.2. The maximum Gasteiger partial charge on any atom is 0.254 e. The van der Waals surface area contributed by atoms with Crippen molar-refractivity contribution in [1.29, 1.82) is 0 Å². The summed E-state index contributed by atoms with van der Waals surface area (Å²) in [6.07, 6.45) is 0. The van der Waals surface area contributed by atoms with Gasteiger partial charge in [0.25, 0.3) is 5.91 Å². The summed E-state index contributed by atoms with van der Waals surface area (Å²) in [5, 5.41) is 17.2. The summed E-state index contributed by atoms with van der Waals surface area (Å²) in [5.74, 6) is 0.0296. The van der Waals surface area contributed by atoms with E-state index in [0.717, 1.165) is 22.4 Å². The largest absolute Gasteiger partial charge is 0.390 e. The lowest BCUT2D eigenvalue weighted by molar-refractivity contribution is 0.0702. The van der Waals surface area contributed by atoms with Crippen molar-refractivity contribution >= 4 is 5.91 Å². The van der Waals surface area contributed by atoms with Crippen LogP contribution in [0.2, 0.25) is 0 Å². The lowest BCUT2D eigenvalue weighted by atomic mass is 10.0. The van der Waals surface area contributed by atoms with E-state index in [4.69, 9.17) is 0 Å². The maximum absolute atomic E-state index is 12.8. The zero-order chi connectivity index (χ0) is 15.0. The first-order valence-electron chi connectivity index (χ1n) is 6.99. The van der Waals surface area contributed by atoms with Crippen LogP contribution in [0.5, 0.6) is 0 Å². The zero-order valence-electron chi connectivity index (χ0n) is 12.2. The Kier molecular flexibility index (Phi) is 3.47. The van der Waals surface area contributed by atoms with Gasteiger partial charge in [0.15, 0.2) is 0 Å². The van der Waals surface area contributed by atoms with Gasteiger partial charge in [0.05, 0.1) is 25.4 Å². The second-order valence-corrected chi connectivity index (χ2v) is 5.36. The number of nitrogens with zero attached hydrogens (tertiary/aromatic N) is 4. The monoisotopic (exact) mass is 286 g/mol. The summed E-state index contributed by atoms with van der Waals surface area (Å²) in [6, 6.07) is 5.87. The molecule has 0 saturated carbocycles. The molecular weight excluding hydrogens is 268 g/mol. The van der Waals surface area contributed by atoms with E-state index >= 15 is 0 Å². The van der Waals surface area contributed by atoms with Gasteiger partial charge in [-0.15, -0.1) is 5.10 Å². The number of carbonyl (C=O) groups is 1. The number of carbonyl (C=O) groups excluding carboxylic acids is 1. The molecule has 21 heavy (non-hydrogen) atoms. The lowest BCUT2D eigenvalue weighted by Gasteiger charge is -2.28. The second-order valence-electron chi connectivity index (χ2n) is 5.36. The third-order valence-corrected chi connectivity index (χ3v) is 3.97. The summed E-state index contributed by atoms with van der Waals surface area (Å²) in [4.78, 5) is 14.6. The number of hydrogen-bond donors (Lipinski definition) is 1. The second kappa shape index (κ2) is 5.29. The van der Waals surface area contributed by atoms with Gasteiger partial charge in [-0.3, -0.25) is 4.79 Å². The van der Waals surface area contributed by atoms with Crippen LogP contribution in [0.1, 0.15) is 32.9 Å². The molecule has 1 aromatic carbocycles. The Balaban J connectivity index is 1.91. The Bertz CT molecular complexity index is 659. The van der Waals surface area contributed by atoms with Gasteiger partial charge in [0.2, 0.25) is 0 Å². The molecule has 0 aliphatic carbocycles. The van der Waals surface area contributed by atoms with Crippen LogP contribution >= 0.6 is 0 Å². The molecule has 0 saturated heterocycles. The fourth-order valence-electron chi connectivity index (χ4n) is 2.80. The molecule has 6 heteroatoms. The number of fused-ring (bicyclic) bond motifs is 1. The van der Waals surface area contributed by atoms with E-state index in [-0.39, 0.29) is 12.5 Å². The average molecular weight is 286 g/mol. The molecule has 1 aliphatic heterocycles. The van der Waals surface area contributed by atoms with Crippen molar-refractivity contribution in [2.45, 2.75) is 33.5 Å². The van der Waals surface area contributed by atoms with Gasteiger partial charge in [-0.2, -0.15) is 0 Å². The summed E-state index contributed by atoms with van der Waals surface area (Å²) >= 11 is 0. The van der Waals surface area contributed by atoms with E-state index in [1.807, 2.05) is 32.0 Å². The van der Waals surface area contributed by atoms with Crippen LogP contribution in [-0.4, -0.2) is 37.5 Å². The average Bonchev–Trinajstić information content (AvgIpc) is 2.89. The van der Waals surface area contributed by atoms with Gasteiger partial charge in [-0.05, 0) is 25.0 Å². The van der Waals surface area contributed by atoms with Crippen molar-refractivity contribution in [3.63, 3.8) is 0 Å². The van der Waals surface area contributed by atoms with Crippen molar-refractivity contribution < 1.29 is 9.90 Å². The smallest absolute Gasteiger partial charge is 0.254 e. The fraction of sp³-hybridized carbons (Fsp3) is 0.400. The van der Waals surface area contributed by atoms with Gasteiger partial charge < -0.3 is 10.0 Å². The van der Waals surface area contributed by atoms with Crippen LogP contribution in [-0.2, 0) is 19.7 Å². The number of aromatic nitrogens is 3. The third kappa shape index (κ3) is 2.31. The summed E-state index contributed by atoms with van der Waals surface area (Å²) in [6.45, 7) is 5.41. The minimum absolute atomic E-state index is 0.0296. The molecule has 2 heterocycles. The van der Waals surface area contributed by atoms with E-state index in [9.17, 15) is 9.90 Å². The van der Waals surface area contributed by atoms with Crippen molar-refractivity contribution in [3.05, 3.63) is 46.3 Å². The van der Waals surface area contributed by atoms with Crippen molar-refractivity contribution in [1.82, 2.24) is 19.9 Å². The predicted molar refractivity (Wildman–Crippen MR) is 76.6 cm³/mol. The Morgan fingerprint density at radius 1 is 1.29 bits per heavy atom. The van der Waals surface area contributed by atoms with E-state index in [2.05, 4.69) is 10.3 Å². The Morgan fingerprint density at radius 2 is 2.00 bits per heavy atom. The van der Waals surface area contributed by atoms with E-state index in [1.54, 1.807) is 9.58 Å². The number of amides is 1. The number of benzene rings is 1. The molecule has 0 unspecified atom stereocenters. The number of hydrogen-bond acceptors (Lipinski definition) is 4. The van der Waals surface area contributed by atoms with Gasteiger partial charge in [-0.1, -0.05) is 23.4 Å². The van der Waals surface area contributed by atoms with Crippen molar-refractivity contribution in [2.75, 3.05) is 6.54 Å². The van der Waals surface area contributed by atoms with Crippen LogP contribution in [0.15, 0.2) is 18.2 Å². The van der Waals surface area contributed by atoms with Crippen LogP contribution in [0.4, 0.5) is 0 Å². The molecule has 0 bridgehead atoms. The third-order valence-electron chi connectivity index (χ3n) is 3.97. The van der Waals surface area contributed by atoms with E-state index in [1.165, 1.54) is 0 Å². The van der Waals surface area contributed by atoms with Gasteiger partial charge >= 0.3 is 0 Å². The topological polar surface area (TPSA) is 71.2 Å². The molecule has 6 nitrogen and oxygen atoms in total. The quantitative estimate of drug-likeness (QED) is 0.895. The van der Waals surface area contributed by atoms with Crippen LogP contribution in [0.3, 0.4) is 0 Å². The number of rotatable bonds is 2. The minimum Gasteiger partial charge on any atom is -0.390 e. The first-order valence-corrected chi connectivity index (χ1v) is 6.99. The number of aliphatic hydroxyl groups excluding tert-OH is 1.